The quantitative estimate of drug-likeness (QED) is 0.712. The first-order chi connectivity index (χ1) is 14.3. The lowest BCUT2D eigenvalue weighted by Gasteiger charge is -2.22. The fraction of sp³-hybridized carbons (Fsp3) is 0.364. The third kappa shape index (κ3) is 4.75. The maximum Gasteiger partial charge on any atom is 0.260 e. The molecule has 0 aliphatic carbocycles. The van der Waals surface area contributed by atoms with Crippen LogP contribution in [-0.4, -0.2) is 54.4 Å². The van der Waals surface area contributed by atoms with Crippen LogP contribution in [0.3, 0.4) is 0 Å². The number of carbonyl (C=O) groups excluding carboxylic acids is 2. The first kappa shape index (κ1) is 21.7. The summed E-state index contributed by atoms with van der Waals surface area (Å²) in [7, 11) is 0. The van der Waals surface area contributed by atoms with Crippen LogP contribution in [0.15, 0.2) is 30.3 Å². The van der Waals surface area contributed by atoms with Crippen LogP contribution < -0.4 is 4.74 Å². The second-order valence-electron chi connectivity index (χ2n) is 7.31. The molecule has 1 aliphatic rings. The van der Waals surface area contributed by atoms with Gasteiger partial charge in [-0.05, 0) is 44.0 Å². The molecule has 0 bridgehead atoms. The molecule has 0 atom stereocenters. The molecule has 160 valence electrons. The van der Waals surface area contributed by atoms with Gasteiger partial charge in [0, 0.05) is 26.2 Å². The summed E-state index contributed by atoms with van der Waals surface area (Å²) < 4.78 is 46.2. The summed E-state index contributed by atoms with van der Waals surface area (Å²) in [4.78, 5) is 28.0. The molecule has 2 aromatic rings. The molecule has 2 amide bonds. The van der Waals surface area contributed by atoms with Crippen LogP contribution in [0.2, 0.25) is 0 Å². The highest BCUT2D eigenvalue weighted by molar-refractivity contribution is 5.94. The second kappa shape index (κ2) is 9.19. The molecule has 8 heteroatoms. The van der Waals surface area contributed by atoms with Crippen molar-refractivity contribution >= 4 is 11.8 Å². The predicted octanol–water partition coefficient (Wildman–Crippen LogP) is 3.47. The van der Waals surface area contributed by atoms with Gasteiger partial charge >= 0.3 is 0 Å². The molecule has 2 aromatic carbocycles. The monoisotopic (exact) mass is 420 g/mol. The van der Waals surface area contributed by atoms with Crippen molar-refractivity contribution < 1.29 is 27.5 Å². The van der Waals surface area contributed by atoms with Crippen LogP contribution >= 0.6 is 0 Å². The zero-order chi connectivity index (χ0) is 21.8. The Bertz CT molecular complexity index is 965. The largest absolute Gasteiger partial charge is 0.484 e. The number of aryl methyl sites for hydroxylation is 2. The maximum absolute atomic E-state index is 13.9. The molecule has 0 unspecified atom stereocenters. The number of rotatable bonds is 4. The molecular weight excluding hydrogens is 397 g/mol. The normalized spacial score (nSPS) is 14.4. The standard InChI is InChI=1S/C22H23F3N2O3/c1-14-4-7-18(15(2)12-14)30-13-19(28)26-8-3-9-27(11-10-26)22(29)16-5-6-17(23)21(25)20(16)24/h4-7,12H,3,8-11,13H2,1-2H3. The van der Waals surface area contributed by atoms with Crippen LogP contribution in [0, 0.1) is 31.3 Å². The van der Waals surface area contributed by atoms with Gasteiger partial charge in [-0.25, -0.2) is 13.2 Å². The van der Waals surface area contributed by atoms with Crippen LogP contribution in [0.5, 0.6) is 5.75 Å². The van der Waals surface area contributed by atoms with Crippen molar-refractivity contribution in [3.8, 4) is 5.75 Å². The Labute approximate surface area is 173 Å². The summed E-state index contributed by atoms with van der Waals surface area (Å²) in [6.45, 7) is 4.84. The van der Waals surface area contributed by atoms with Gasteiger partial charge in [-0.1, -0.05) is 17.7 Å². The van der Waals surface area contributed by atoms with Gasteiger partial charge < -0.3 is 14.5 Å². The second-order valence-corrected chi connectivity index (χ2v) is 7.31. The fourth-order valence-corrected chi connectivity index (χ4v) is 3.42. The Hall–Kier alpha value is -3.03. The predicted molar refractivity (Wildman–Crippen MR) is 105 cm³/mol. The van der Waals surface area contributed by atoms with Gasteiger partial charge in [-0.15, -0.1) is 0 Å². The highest BCUT2D eigenvalue weighted by Gasteiger charge is 2.26. The zero-order valence-corrected chi connectivity index (χ0v) is 16.9. The third-order valence-corrected chi connectivity index (χ3v) is 5.08. The fourth-order valence-electron chi connectivity index (χ4n) is 3.42. The highest BCUT2D eigenvalue weighted by atomic mass is 19.2. The first-order valence-corrected chi connectivity index (χ1v) is 9.68. The van der Waals surface area contributed by atoms with Gasteiger partial charge in [0.05, 0.1) is 5.56 Å². The van der Waals surface area contributed by atoms with Gasteiger partial charge in [-0.2, -0.15) is 0 Å². The average molecular weight is 420 g/mol. The van der Waals surface area contributed by atoms with E-state index in [1.54, 1.807) is 4.90 Å². The number of nitrogens with zero attached hydrogens (tertiary/aromatic N) is 2. The van der Waals surface area contributed by atoms with Gasteiger partial charge in [-0.3, -0.25) is 9.59 Å². The minimum atomic E-state index is -1.67. The van der Waals surface area contributed by atoms with Gasteiger partial charge in [0.15, 0.2) is 24.1 Å². The van der Waals surface area contributed by atoms with E-state index in [1.165, 1.54) is 4.90 Å². The van der Waals surface area contributed by atoms with Crippen LogP contribution in [0.25, 0.3) is 0 Å². The van der Waals surface area contributed by atoms with E-state index in [0.29, 0.717) is 18.7 Å². The molecule has 1 heterocycles. The van der Waals surface area contributed by atoms with Crippen LogP contribution in [0.1, 0.15) is 27.9 Å². The lowest BCUT2D eigenvalue weighted by Crippen LogP contribution is -2.39. The molecule has 0 aromatic heterocycles. The Balaban J connectivity index is 1.59. The molecular formula is C22H23F3N2O3. The van der Waals surface area contributed by atoms with Crippen molar-refractivity contribution in [3.63, 3.8) is 0 Å². The molecule has 0 saturated carbocycles. The van der Waals surface area contributed by atoms with E-state index < -0.39 is 28.9 Å². The number of ether oxygens (including phenoxy) is 1. The number of hydrogen-bond donors (Lipinski definition) is 0. The summed E-state index contributed by atoms with van der Waals surface area (Å²) >= 11 is 0. The van der Waals surface area contributed by atoms with E-state index in [9.17, 15) is 22.8 Å². The third-order valence-electron chi connectivity index (χ3n) is 5.08. The molecule has 0 radical (unpaired) electrons. The number of carbonyl (C=O) groups is 2. The van der Waals surface area contributed by atoms with Crippen LogP contribution in [-0.2, 0) is 4.79 Å². The minimum Gasteiger partial charge on any atom is -0.484 e. The lowest BCUT2D eigenvalue weighted by atomic mass is 10.1. The lowest BCUT2D eigenvalue weighted by molar-refractivity contribution is -0.133. The van der Waals surface area contributed by atoms with E-state index >= 15 is 0 Å². The molecule has 1 fully saturated rings. The smallest absolute Gasteiger partial charge is 0.260 e. The zero-order valence-electron chi connectivity index (χ0n) is 16.9. The van der Waals surface area contributed by atoms with Crippen LogP contribution in [0.4, 0.5) is 13.2 Å². The summed E-state index contributed by atoms with van der Waals surface area (Å²) in [5.41, 5.74) is 1.51. The number of halogens is 3. The van der Waals surface area contributed by atoms with Gasteiger partial charge in [0.1, 0.15) is 5.75 Å². The Morgan fingerprint density at radius 1 is 0.933 bits per heavy atom. The van der Waals surface area contributed by atoms with Gasteiger partial charge in [0.2, 0.25) is 0 Å². The summed E-state index contributed by atoms with van der Waals surface area (Å²) in [6, 6.07) is 7.34. The number of benzene rings is 2. The van der Waals surface area contributed by atoms with Crippen molar-refractivity contribution in [2.45, 2.75) is 20.3 Å². The molecule has 0 N–H and O–H groups in total. The van der Waals surface area contributed by atoms with Gasteiger partial charge in [0.25, 0.3) is 11.8 Å². The Kier molecular flexibility index (Phi) is 6.64. The number of hydrogen-bond acceptors (Lipinski definition) is 3. The van der Waals surface area contributed by atoms with Crippen molar-refractivity contribution in [2.24, 2.45) is 0 Å². The molecule has 30 heavy (non-hydrogen) atoms. The van der Waals surface area contributed by atoms with E-state index in [2.05, 4.69) is 0 Å². The molecule has 1 aliphatic heterocycles. The summed E-state index contributed by atoms with van der Waals surface area (Å²) in [5.74, 6) is -4.83. The van der Waals surface area contributed by atoms with Crippen molar-refractivity contribution in [3.05, 3.63) is 64.5 Å². The van der Waals surface area contributed by atoms with E-state index in [0.717, 1.165) is 23.3 Å². The topological polar surface area (TPSA) is 49.9 Å². The van der Waals surface area contributed by atoms with Crippen molar-refractivity contribution in [1.82, 2.24) is 9.80 Å². The highest BCUT2D eigenvalue weighted by Crippen LogP contribution is 2.20. The van der Waals surface area contributed by atoms with Crippen molar-refractivity contribution in [2.75, 3.05) is 32.8 Å². The average Bonchev–Trinajstić information content (AvgIpc) is 2.97. The Morgan fingerprint density at radius 2 is 1.63 bits per heavy atom. The van der Waals surface area contributed by atoms with Crippen molar-refractivity contribution in [1.29, 1.82) is 0 Å². The van der Waals surface area contributed by atoms with E-state index in [-0.39, 0.29) is 32.1 Å². The first-order valence-electron chi connectivity index (χ1n) is 9.68. The SMILES string of the molecule is Cc1ccc(OCC(=O)N2CCCN(C(=O)c3ccc(F)c(F)c3F)CC2)c(C)c1. The number of amides is 2. The summed E-state index contributed by atoms with van der Waals surface area (Å²) in [6.07, 6.45) is 0.479. The molecule has 1 saturated heterocycles. The van der Waals surface area contributed by atoms with E-state index in [1.807, 2.05) is 32.0 Å². The molecule has 0 spiro atoms. The Morgan fingerprint density at radius 3 is 2.37 bits per heavy atom. The van der Waals surface area contributed by atoms with E-state index in [4.69, 9.17) is 4.74 Å². The summed E-state index contributed by atoms with van der Waals surface area (Å²) in [5, 5.41) is 0. The minimum absolute atomic E-state index is 0.129. The molecule has 3 rings (SSSR count). The molecule has 5 nitrogen and oxygen atoms in total. The maximum atomic E-state index is 13.9.